The van der Waals surface area contributed by atoms with Gasteiger partial charge in [0, 0.05) is 62.8 Å². The van der Waals surface area contributed by atoms with Crippen LogP contribution >= 0.6 is 0 Å². The molecule has 1 saturated heterocycles. The molecule has 2 heterocycles. The van der Waals surface area contributed by atoms with Crippen LogP contribution in [0.15, 0.2) is 97.2 Å². The summed E-state index contributed by atoms with van der Waals surface area (Å²) in [4.78, 5) is 30.2. The highest BCUT2D eigenvalue weighted by Gasteiger charge is 2.32. The van der Waals surface area contributed by atoms with E-state index in [1.165, 1.54) is 0 Å². The third kappa shape index (κ3) is 11.0. The van der Waals surface area contributed by atoms with E-state index in [0.29, 0.717) is 32.2 Å². The van der Waals surface area contributed by atoms with Crippen molar-refractivity contribution in [1.82, 2.24) is 20.7 Å². The van der Waals surface area contributed by atoms with Crippen LogP contribution in [-0.4, -0.2) is 58.3 Å². The molecule has 0 unspecified atom stereocenters. The minimum Gasteiger partial charge on any atom is -0.392 e. The Morgan fingerprint density at radius 2 is 1.61 bits per heavy atom. The highest BCUT2D eigenvalue weighted by Crippen LogP contribution is 2.38. The van der Waals surface area contributed by atoms with Gasteiger partial charge in [-0.2, -0.15) is 0 Å². The Balaban J connectivity index is 1.21. The second-order valence-electron chi connectivity index (χ2n) is 12.5. The van der Waals surface area contributed by atoms with E-state index in [1.54, 1.807) is 5.48 Å². The Morgan fingerprint density at radius 3 is 2.33 bits per heavy atom. The highest BCUT2D eigenvalue weighted by atomic mass is 16.7. The van der Waals surface area contributed by atoms with Crippen molar-refractivity contribution in [1.29, 1.82) is 0 Å². The number of aliphatic hydroxyl groups is 1. The molecular formula is C39H46N4O6. The van der Waals surface area contributed by atoms with Crippen molar-refractivity contribution in [2.75, 3.05) is 20.1 Å². The number of benzene rings is 3. The predicted molar refractivity (Wildman–Crippen MR) is 186 cm³/mol. The van der Waals surface area contributed by atoms with Gasteiger partial charge in [0.25, 0.3) is 0 Å². The van der Waals surface area contributed by atoms with Crippen molar-refractivity contribution in [3.05, 3.63) is 125 Å². The SMILES string of the molecule is CN(CCc1ccccn1)C[C@H]1C[C@@H](c2ccc(CO)cc2)O[C@@H](c2ccc(-c3cccc(CNC(=O)CCCCC(=O)NO)c3)cc2)O1. The first-order valence-corrected chi connectivity index (χ1v) is 16.9. The van der Waals surface area contributed by atoms with E-state index in [4.69, 9.17) is 14.7 Å². The van der Waals surface area contributed by atoms with E-state index in [9.17, 15) is 14.7 Å². The van der Waals surface area contributed by atoms with Crippen LogP contribution in [-0.2, 0) is 38.6 Å². The Hall–Kier alpha value is -4.45. The first-order chi connectivity index (χ1) is 23.9. The average Bonchev–Trinajstić information content (AvgIpc) is 3.15. The van der Waals surface area contributed by atoms with Gasteiger partial charge in [0.05, 0.1) is 18.8 Å². The molecule has 5 rings (SSSR count). The van der Waals surface area contributed by atoms with Crippen LogP contribution in [0.4, 0.5) is 0 Å². The summed E-state index contributed by atoms with van der Waals surface area (Å²) in [6.45, 7) is 2.02. The number of aromatic nitrogens is 1. The summed E-state index contributed by atoms with van der Waals surface area (Å²) in [5, 5.41) is 21.1. The van der Waals surface area contributed by atoms with Crippen LogP contribution in [0.3, 0.4) is 0 Å². The van der Waals surface area contributed by atoms with Crippen molar-refractivity contribution < 1.29 is 29.4 Å². The van der Waals surface area contributed by atoms with Crippen LogP contribution in [0.5, 0.6) is 0 Å². The van der Waals surface area contributed by atoms with E-state index in [-0.39, 0.29) is 31.1 Å². The molecule has 3 atom stereocenters. The van der Waals surface area contributed by atoms with Crippen LogP contribution in [0.2, 0.25) is 0 Å². The van der Waals surface area contributed by atoms with E-state index in [1.807, 2.05) is 79.0 Å². The Kier molecular flexibility index (Phi) is 13.4. The molecule has 0 bridgehead atoms. The monoisotopic (exact) mass is 666 g/mol. The third-order valence-electron chi connectivity index (χ3n) is 8.72. The van der Waals surface area contributed by atoms with Gasteiger partial charge in [-0.05, 0) is 65.9 Å². The molecule has 3 aromatic carbocycles. The number of nitrogens with one attached hydrogen (secondary N) is 2. The molecule has 0 saturated carbocycles. The predicted octanol–water partition coefficient (Wildman–Crippen LogP) is 5.64. The number of hydrogen-bond acceptors (Lipinski definition) is 8. The number of hydroxylamine groups is 1. The number of amides is 2. The number of carbonyl (C=O) groups excluding carboxylic acids is 2. The number of nitrogens with zero attached hydrogens (tertiary/aromatic N) is 2. The molecule has 2 amide bonds. The molecule has 258 valence electrons. The summed E-state index contributed by atoms with van der Waals surface area (Å²) < 4.78 is 13.1. The normalized spacial score (nSPS) is 17.5. The lowest BCUT2D eigenvalue weighted by molar-refractivity contribution is -0.252. The minimum atomic E-state index is -0.543. The van der Waals surface area contributed by atoms with Gasteiger partial charge < -0.3 is 24.8 Å². The summed E-state index contributed by atoms with van der Waals surface area (Å²) in [7, 11) is 2.11. The fourth-order valence-corrected chi connectivity index (χ4v) is 5.93. The second-order valence-corrected chi connectivity index (χ2v) is 12.5. The Morgan fingerprint density at radius 1 is 0.857 bits per heavy atom. The number of pyridine rings is 1. The number of hydrogen-bond donors (Lipinski definition) is 4. The van der Waals surface area contributed by atoms with E-state index < -0.39 is 12.2 Å². The summed E-state index contributed by atoms with van der Waals surface area (Å²) in [6, 6.07) is 30.2. The largest absolute Gasteiger partial charge is 0.392 e. The van der Waals surface area contributed by atoms with E-state index >= 15 is 0 Å². The van der Waals surface area contributed by atoms with Crippen molar-refractivity contribution in [2.24, 2.45) is 0 Å². The van der Waals surface area contributed by atoms with Crippen molar-refractivity contribution in [3.63, 3.8) is 0 Å². The van der Waals surface area contributed by atoms with Gasteiger partial charge in [-0.1, -0.05) is 72.8 Å². The molecule has 4 N–H and O–H groups in total. The van der Waals surface area contributed by atoms with Crippen LogP contribution in [0.25, 0.3) is 11.1 Å². The zero-order valence-corrected chi connectivity index (χ0v) is 28.0. The Bertz CT molecular complexity index is 1620. The molecule has 10 heteroatoms. The van der Waals surface area contributed by atoms with Crippen LogP contribution in [0.1, 0.15) is 72.4 Å². The maximum absolute atomic E-state index is 12.3. The van der Waals surface area contributed by atoms with Crippen LogP contribution in [0, 0.1) is 0 Å². The molecule has 4 aromatic rings. The maximum atomic E-state index is 12.3. The topological polar surface area (TPSA) is 133 Å². The molecule has 1 aromatic heterocycles. The first kappa shape index (κ1) is 35.8. The summed E-state index contributed by atoms with van der Waals surface area (Å²) in [5.74, 6) is -0.523. The number of rotatable bonds is 16. The second kappa shape index (κ2) is 18.4. The summed E-state index contributed by atoms with van der Waals surface area (Å²) in [6.07, 6.45) is 4.26. The number of ether oxygens (including phenoxy) is 2. The zero-order chi connectivity index (χ0) is 34.4. The third-order valence-corrected chi connectivity index (χ3v) is 8.72. The van der Waals surface area contributed by atoms with Crippen molar-refractivity contribution >= 4 is 11.8 Å². The molecule has 1 aliphatic heterocycles. The lowest BCUT2D eigenvalue weighted by Crippen LogP contribution is -2.38. The fourth-order valence-electron chi connectivity index (χ4n) is 5.93. The molecule has 0 aliphatic carbocycles. The number of carbonyl (C=O) groups is 2. The fraction of sp³-hybridized carbons (Fsp3) is 0.359. The smallest absolute Gasteiger partial charge is 0.243 e. The summed E-state index contributed by atoms with van der Waals surface area (Å²) >= 11 is 0. The first-order valence-electron chi connectivity index (χ1n) is 16.9. The number of aliphatic hydroxyl groups excluding tert-OH is 1. The lowest BCUT2D eigenvalue weighted by Gasteiger charge is -2.38. The molecule has 0 radical (unpaired) electrons. The number of likely N-dealkylation sites (N-methyl/N-ethyl adjacent to an activating group) is 1. The summed E-state index contributed by atoms with van der Waals surface area (Å²) in [5.41, 5.74) is 8.58. The van der Waals surface area contributed by atoms with Gasteiger partial charge in [0.2, 0.25) is 11.8 Å². The van der Waals surface area contributed by atoms with Gasteiger partial charge in [-0.25, -0.2) is 5.48 Å². The standard InChI is InChI=1S/C39H46N4O6/c1-43(22-20-34-9-4-5-21-40-34)26-35-24-36(31-14-12-28(27-44)13-15-31)49-39(48-35)32-18-16-30(17-19-32)33-8-6-7-29(23-33)25-41-37(45)10-2-3-11-38(46)42-47/h4-9,12-19,21,23,35-36,39,44,47H,2-3,10-11,20,22,24-27H2,1H3,(H,41,45)(H,42,46)/t35-,36+,39+/m1/s1. The van der Waals surface area contributed by atoms with Gasteiger partial charge in [0.15, 0.2) is 6.29 Å². The van der Waals surface area contributed by atoms with Crippen molar-refractivity contribution in [3.8, 4) is 11.1 Å². The molecular weight excluding hydrogens is 620 g/mol. The molecule has 1 fully saturated rings. The van der Waals surface area contributed by atoms with Gasteiger partial charge in [-0.3, -0.25) is 19.8 Å². The Labute approximate surface area is 288 Å². The quantitative estimate of drug-likeness (QED) is 0.0686. The molecule has 10 nitrogen and oxygen atoms in total. The van der Waals surface area contributed by atoms with Gasteiger partial charge >= 0.3 is 0 Å². The van der Waals surface area contributed by atoms with Gasteiger partial charge in [-0.15, -0.1) is 0 Å². The molecule has 0 spiro atoms. The van der Waals surface area contributed by atoms with E-state index in [2.05, 4.69) is 40.4 Å². The van der Waals surface area contributed by atoms with Crippen molar-refractivity contribution in [2.45, 2.75) is 70.2 Å². The average molecular weight is 667 g/mol. The molecule has 49 heavy (non-hydrogen) atoms. The lowest BCUT2D eigenvalue weighted by atomic mass is 9.99. The van der Waals surface area contributed by atoms with Gasteiger partial charge in [0.1, 0.15) is 0 Å². The van der Waals surface area contributed by atoms with E-state index in [0.717, 1.165) is 58.6 Å². The molecule has 1 aliphatic rings. The number of unbranched alkanes of at least 4 members (excludes halogenated alkanes) is 1. The minimum absolute atomic E-state index is 0.000172. The highest BCUT2D eigenvalue weighted by molar-refractivity contribution is 5.76. The van der Waals surface area contributed by atoms with Crippen LogP contribution < -0.4 is 10.8 Å². The zero-order valence-electron chi connectivity index (χ0n) is 28.0. The maximum Gasteiger partial charge on any atom is 0.243 e.